The molecule has 10 heteroatoms. The smallest absolute Gasteiger partial charge is 0.227 e. The number of hydrogen-bond donors (Lipinski definition) is 1. The summed E-state index contributed by atoms with van der Waals surface area (Å²) in [5, 5.41) is 3.28. The number of hydrogen-bond acceptors (Lipinski definition) is 9. The first-order valence-electron chi connectivity index (χ1n) is 12.5. The maximum absolute atomic E-state index is 11.6. The van der Waals surface area contributed by atoms with Crippen LogP contribution >= 0.6 is 0 Å². The number of carbonyl (C=O) groups excluding carboxylic acids is 1. The van der Waals surface area contributed by atoms with E-state index in [1.807, 2.05) is 41.6 Å². The van der Waals surface area contributed by atoms with Gasteiger partial charge in [-0.2, -0.15) is 0 Å². The van der Waals surface area contributed by atoms with Crippen molar-refractivity contribution in [3.63, 3.8) is 0 Å². The molecule has 6 heterocycles. The number of rotatable bonds is 5. The van der Waals surface area contributed by atoms with Crippen LogP contribution in [0, 0.1) is 0 Å². The Morgan fingerprint density at radius 3 is 2.36 bits per heavy atom. The van der Waals surface area contributed by atoms with Crippen molar-refractivity contribution in [2.45, 2.75) is 25.4 Å². The maximum Gasteiger partial charge on any atom is 0.227 e. The van der Waals surface area contributed by atoms with Gasteiger partial charge in [0, 0.05) is 76.2 Å². The van der Waals surface area contributed by atoms with Gasteiger partial charge in [0.15, 0.2) is 0 Å². The van der Waals surface area contributed by atoms with Crippen LogP contribution in [0.2, 0.25) is 0 Å². The standard InChI is InChI=1S/C26H31N9O/c1-18(36)33-9-11-34(12-10-33)24-5-3-19(14-28-24)23-7-8-27-26(31-23)30-20-4-6-25(29-15-20)35-17-21-13-22(35)16-32(21)2/h3-8,14-15,21-22H,9-13,16-17H2,1-2H3,(H,27,30,31)/t21-,22-/m0/s1. The highest BCUT2D eigenvalue weighted by Crippen LogP contribution is 2.33. The Bertz CT molecular complexity index is 1220. The average molecular weight is 486 g/mol. The predicted octanol–water partition coefficient (Wildman–Crippen LogP) is 2.24. The molecule has 1 amide bonds. The Morgan fingerprint density at radius 2 is 1.72 bits per heavy atom. The number of anilines is 4. The minimum atomic E-state index is 0.129. The molecule has 1 N–H and O–H groups in total. The van der Waals surface area contributed by atoms with E-state index in [9.17, 15) is 4.79 Å². The minimum absolute atomic E-state index is 0.129. The number of fused-ring (bicyclic) bond motifs is 2. The monoisotopic (exact) mass is 485 g/mol. The van der Waals surface area contributed by atoms with Gasteiger partial charge in [-0.1, -0.05) is 0 Å². The lowest BCUT2D eigenvalue weighted by Gasteiger charge is -2.34. The Hall–Kier alpha value is -3.79. The van der Waals surface area contributed by atoms with E-state index in [2.05, 4.69) is 48.1 Å². The number of likely N-dealkylation sites (tertiary alicyclic amines) is 1. The van der Waals surface area contributed by atoms with Gasteiger partial charge < -0.3 is 20.0 Å². The van der Waals surface area contributed by atoms with Crippen molar-refractivity contribution < 1.29 is 4.79 Å². The van der Waals surface area contributed by atoms with Gasteiger partial charge in [0.25, 0.3) is 0 Å². The molecule has 0 unspecified atom stereocenters. The van der Waals surface area contributed by atoms with Crippen molar-refractivity contribution in [1.29, 1.82) is 0 Å². The van der Waals surface area contributed by atoms with Crippen molar-refractivity contribution in [1.82, 2.24) is 29.7 Å². The van der Waals surface area contributed by atoms with Crippen LogP contribution in [0.15, 0.2) is 48.9 Å². The van der Waals surface area contributed by atoms with E-state index in [1.165, 1.54) is 6.42 Å². The summed E-state index contributed by atoms with van der Waals surface area (Å²) in [6.45, 7) is 6.81. The molecule has 186 valence electrons. The van der Waals surface area contributed by atoms with E-state index in [0.717, 1.165) is 67.8 Å². The van der Waals surface area contributed by atoms with Gasteiger partial charge in [-0.15, -0.1) is 0 Å². The second kappa shape index (κ2) is 9.34. The Morgan fingerprint density at radius 1 is 0.917 bits per heavy atom. The summed E-state index contributed by atoms with van der Waals surface area (Å²) < 4.78 is 0. The van der Waals surface area contributed by atoms with Crippen LogP contribution in [-0.2, 0) is 4.79 Å². The molecular formula is C26H31N9O. The zero-order chi connectivity index (χ0) is 24.6. The average Bonchev–Trinajstić information content (AvgIpc) is 3.49. The van der Waals surface area contributed by atoms with Crippen LogP contribution in [0.3, 0.4) is 0 Å². The third-order valence-electron chi connectivity index (χ3n) is 7.56. The number of piperazine rings is 2. The van der Waals surface area contributed by atoms with Crippen LogP contribution in [0.5, 0.6) is 0 Å². The molecule has 10 nitrogen and oxygen atoms in total. The molecule has 0 aliphatic carbocycles. The molecule has 6 rings (SSSR count). The van der Waals surface area contributed by atoms with Gasteiger partial charge in [-0.3, -0.25) is 9.69 Å². The lowest BCUT2D eigenvalue weighted by atomic mass is 10.2. The highest BCUT2D eigenvalue weighted by atomic mass is 16.2. The number of pyridine rings is 2. The number of amides is 1. The molecule has 3 aliphatic heterocycles. The predicted molar refractivity (Wildman–Crippen MR) is 139 cm³/mol. The van der Waals surface area contributed by atoms with E-state index in [0.29, 0.717) is 18.0 Å². The molecule has 0 saturated carbocycles. The Labute approximate surface area is 211 Å². The van der Waals surface area contributed by atoms with Gasteiger partial charge in [0.2, 0.25) is 11.9 Å². The highest BCUT2D eigenvalue weighted by Gasteiger charge is 2.41. The largest absolute Gasteiger partial charge is 0.353 e. The van der Waals surface area contributed by atoms with E-state index in [-0.39, 0.29) is 5.91 Å². The second-order valence-electron chi connectivity index (χ2n) is 9.83. The van der Waals surface area contributed by atoms with Crippen molar-refractivity contribution >= 4 is 29.2 Å². The van der Waals surface area contributed by atoms with Crippen LogP contribution < -0.4 is 15.1 Å². The lowest BCUT2D eigenvalue weighted by Crippen LogP contribution is -2.48. The molecule has 3 fully saturated rings. The summed E-state index contributed by atoms with van der Waals surface area (Å²) >= 11 is 0. The highest BCUT2D eigenvalue weighted by molar-refractivity contribution is 5.73. The van der Waals surface area contributed by atoms with Gasteiger partial charge in [-0.25, -0.2) is 19.9 Å². The summed E-state index contributed by atoms with van der Waals surface area (Å²) in [6, 6.07) is 11.3. The summed E-state index contributed by atoms with van der Waals surface area (Å²) in [5.74, 6) is 2.60. The molecule has 3 aromatic rings. The molecule has 0 aromatic carbocycles. The fourth-order valence-electron chi connectivity index (χ4n) is 5.46. The minimum Gasteiger partial charge on any atom is -0.353 e. The number of likely N-dealkylation sites (N-methyl/N-ethyl adjacent to an activating group) is 1. The molecular weight excluding hydrogens is 454 g/mol. The zero-order valence-corrected chi connectivity index (χ0v) is 20.7. The second-order valence-corrected chi connectivity index (χ2v) is 9.83. The van der Waals surface area contributed by atoms with Crippen molar-refractivity contribution in [2.24, 2.45) is 0 Å². The molecule has 2 atom stereocenters. The lowest BCUT2D eigenvalue weighted by molar-refractivity contribution is -0.129. The fourth-order valence-corrected chi connectivity index (χ4v) is 5.46. The number of nitrogens with zero attached hydrogens (tertiary/aromatic N) is 8. The van der Waals surface area contributed by atoms with Gasteiger partial charge in [0.05, 0.1) is 17.6 Å². The fraction of sp³-hybridized carbons (Fsp3) is 0.423. The molecule has 0 radical (unpaired) electrons. The van der Waals surface area contributed by atoms with Crippen molar-refractivity contribution in [3.05, 3.63) is 48.9 Å². The number of aromatic nitrogens is 4. The first-order valence-corrected chi connectivity index (χ1v) is 12.5. The quantitative estimate of drug-likeness (QED) is 0.584. The van der Waals surface area contributed by atoms with E-state index < -0.39 is 0 Å². The van der Waals surface area contributed by atoms with Crippen LogP contribution in [0.1, 0.15) is 13.3 Å². The van der Waals surface area contributed by atoms with Crippen LogP contribution in [0.25, 0.3) is 11.3 Å². The van der Waals surface area contributed by atoms with Crippen LogP contribution in [-0.4, -0.2) is 94.0 Å². The first kappa shape index (κ1) is 22.7. The normalized spacial score (nSPS) is 21.8. The van der Waals surface area contributed by atoms with Crippen LogP contribution in [0.4, 0.5) is 23.3 Å². The van der Waals surface area contributed by atoms with Crippen molar-refractivity contribution in [2.75, 3.05) is 61.4 Å². The van der Waals surface area contributed by atoms with Gasteiger partial charge in [0.1, 0.15) is 11.6 Å². The molecule has 2 bridgehead atoms. The molecule has 3 aromatic heterocycles. The summed E-state index contributed by atoms with van der Waals surface area (Å²) in [5.41, 5.74) is 2.58. The Kier molecular flexibility index (Phi) is 5.88. The van der Waals surface area contributed by atoms with E-state index in [4.69, 9.17) is 4.98 Å². The third-order valence-corrected chi connectivity index (χ3v) is 7.56. The number of carbonyl (C=O) groups is 1. The molecule has 36 heavy (non-hydrogen) atoms. The molecule has 3 aliphatic rings. The first-order chi connectivity index (χ1) is 17.5. The number of nitrogens with one attached hydrogen (secondary N) is 1. The third kappa shape index (κ3) is 4.44. The van der Waals surface area contributed by atoms with E-state index >= 15 is 0 Å². The maximum atomic E-state index is 11.6. The summed E-state index contributed by atoms with van der Waals surface area (Å²) in [7, 11) is 2.21. The SMILES string of the molecule is CC(=O)N1CCN(c2ccc(-c3ccnc(Nc4ccc(N5C[C@@H]6C[C@H]5CN6C)nc4)n3)cn2)CC1. The van der Waals surface area contributed by atoms with Crippen molar-refractivity contribution in [3.8, 4) is 11.3 Å². The topological polar surface area (TPSA) is 93.6 Å². The van der Waals surface area contributed by atoms with E-state index in [1.54, 1.807) is 13.1 Å². The Balaban J connectivity index is 1.10. The van der Waals surface area contributed by atoms with Gasteiger partial charge >= 0.3 is 0 Å². The summed E-state index contributed by atoms with van der Waals surface area (Å²) in [6.07, 6.45) is 6.67. The molecule has 3 saturated heterocycles. The molecule has 0 spiro atoms. The zero-order valence-electron chi connectivity index (χ0n) is 20.7. The summed E-state index contributed by atoms with van der Waals surface area (Å²) in [4.78, 5) is 38.9. The van der Waals surface area contributed by atoms with Gasteiger partial charge in [-0.05, 0) is 43.8 Å².